The van der Waals surface area contributed by atoms with Crippen LogP contribution in [0, 0.1) is 11.8 Å². The quantitative estimate of drug-likeness (QED) is 0.0831. The van der Waals surface area contributed by atoms with Gasteiger partial charge in [0, 0.05) is 19.6 Å². The molecule has 0 aromatic heterocycles. The van der Waals surface area contributed by atoms with Gasteiger partial charge in [-0.15, -0.1) is 0 Å². The largest absolute Gasteiger partial charge is 0.469 e. The molecule has 0 aliphatic heterocycles. The SMILES string of the molecule is CCCCCCCCC1CC1CCCCCCCCOCC(COCCCCCC(=O)OC)N(C)C. The van der Waals surface area contributed by atoms with Crippen LogP contribution in [0.4, 0.5) is 0 Å². The third-order valence-electron chi connectivity index (χ3n) is 7.86. The number of carbonyl (C=O) groups excluding carboxylic acids is 1. The van der Waals surface area contributed by atoms with Crippen LogP contribution < -0.4 is 0 Å². The van der Waals surface area contributed by atoms with Gasteiger partial charge in [-0.2, -0.15) is 0 Å². The van der Waals surface area contributed by atoms with Crippen LogP contribution in [0.2, 0.25) is 0 Å². The maximum absolute atomic E-state index is 11.1. The van der Waals surface area contributed by atoms with Gasteiger partial charge in [-0.1, -0.05) is 96.8 Å². The highest BCUT2D eigenvalue weighted by molar-refractivity contribution is 5.68. The Morgan fingerprint density at radius 3 is 1.69 bits per heavy atom. The normalized spacial score (nSPS) is 18.0. The summed E-state index contributed by atoms with van der Waals surface area (Å²) in [5, 5.41) is 0. The van der Waals surface area contributed by atoms with Crippen LogP contribution in [-0.4, -0.2) is 64.5 Å². The fourth-order valence-corrected chi connectivity index (χ4v) is 5.06. The van der Waals surface area contributed by atoms with E-state index in [9.17, 15) is 4.79 Å². The third kappa shape index (κ3) is 19.5. The van der Waals surface area contributed by atoms with Crippen LogP contribution in [0.15, 0.2) is 0 Å². The van der Waals surface area contributed by atoms with Crippen LogP contribution in [-0.2, 0) is 19.0 Å². The molecule has 1 aliphatic carbocycles. The average Bonchev–Trinajstić information content (AvgIpc) is 3.62. The Balaban J connectivity index is 1.84. The predicted octanol–water partition coefficient (Wildman–Crippen LogP) is 7.80. The van der Waals surface area contributed by atoms with Crippen molar-refractivity contribution in [1.29, 1.82) is 0 Å². The Labute approximate surface area is 224 Å². The van der Waals surface area contributed by atoms with Gasteiger partial charge in [-0.3, -0.25) is 4.79 Å². The molecule has 0 amide bonds. The topological polar surface area (TPSA) is 48.0 Å². The highest BCUT2D eigenvalue weighted by atomic mass is 16.5. The number of ether oxygens (including phenoxy) is 3. The van der Waals surface area contributed by atoms with Crippen molar-refractivity contribution in [2.45, 2.75) is 135 Å². The number of rotatable bonds is 27. The summed E-state index contributed by atoms with van der Waals surface area (Å²) < 4.78 is 16.5. The van der Waals surface area contributed by atoms with Crippen molar-refractivity contribution in [1.82, 2.24) is 4.90 Å². The van der Waals surface area contributed by atoms with Gasteiger partial charge in [0.2, 0.25) is 0 Å². The zero-order valence-electron chi connectivity index (χ0n) is 24.6. The van der Waals surface area contributed by atoms with Crippen molar-refractivity contribution >= 4 is 5.97 Å². The van der Waals surface area contributed by atoms with E-state index in [1.54, 1.807) is 0 Å². The summed E-state index contributed by atoms with van der Waals surface area (Å²) in [6.45, 7) is 5.33. The number of unbranched alkanes of at least 4 members (excludes halogenated alkanes) is 12. The molecule has 0 saturated heterocycles. The molecule has 1 saturated carbocycles. The first-order chi connectivity index (χ1) is 17.6. The Morgan fingerprint density at radius 1 is 0.722 bits per heavy atom. The summed E-state index contributed by atoms with van der Waals surface area (Å²) in [5.74, 6) is 2.04. The molecule has 0 spiro atoms. The van der Waals surface area contributed by atoms with Crippen molar-refractivity contribution in [3.05, 3.63) is 0 Å². The summed E-state index contributed by atoms with van der Waals surface area (Å²) in [6.07, 6.45) is 24.6. The summed E-state index contributed by atoms with van der Waals surface area (Å²) in [7, 11) is 5.62. The van der Waals surface area contributed by atoms with Crippen molar-refractivity contribution in [3.63, 3.8) is 0 Å². The van der Waals surface area contributed by atoms with E-state index >= 15 is 0 Å². The van der Waals surface area contributed by atoms with Crippen molar-refractivity contribution < 1.29 is 19.0 Å². The second-order valence-corrected chi connectivity index (χ2v) is 11.4. The van der Waals surface area contributed by atoms with Crippen LogP contribution in [0.25, 0.3) is 0 Å². The van der Waals surface area contributed by atoms with E-state index in [1.807, 2.05) is 0 Å². The summed E-state index contributed by atoms with van der Waals surface area (Å²) >= 11 is 0. The molecule has 1 aliphatic rings. The van der Waals surface area contributed by atoms with Gasteiger partial charge in [0.1, 0.15) is 0 Å². The zero-order valence-corrected chi connectivity index (χ0v) is 24.6. The van der Waals surface area contributed by atoms with Crippen molar-refractivity contribution in [2.24, 2.45) is 11.8 Å². The maximum Gasteiger partial charge on any atom is 0.305 e. The van der Waals surface area contributed by atoms with Gasteiger partial charge in [-0.05, 0) is 51.6 Å². The molecule has 5 heteroatoms. The first-order valence-electron chi connectivity index (χ1n) is 15.5. The number of hydrogen-bond donors (Lipinski definition) is 0. The van der Waals surface area contributed by atoms with E-state index in [0.29, 0.717) is 19.1 Å². The Morgan fingerprint density at radius 2 is 1.19 bits per heavy atom. The molecule has 1 fully saturated rings. The highest BCUT2D eigenvalue weighted by Gasteiger charge is 2.34. The van der Waals surface area contributed by atoms with E-state index in [2.05, 4.69) is 30.7 Å². The van der Waals surface area contributed by atoms with Crippen molar-refractivity contribution in [3.8, 4) is 0 Å². The molecule has 0 aromatic carbocycles. The number of carbonyl (C=O) groups is 1. The second-order valence-electron chi connectivity index (χ2n) is 11.4. The van der Waals surface area contributed by atoms with Gasteiger partial charge < -0.3 is 19.1 Å². The first kappa shape index (κ1) is 33.4. The van der Waals surface area contributed by atoms with Gasteiger partial charge >= 0.3 is 5.97 Å². The molecule has 3 atom stereocenters. The van der Waals surface area contributed by atoms with Gasteiger partial charge in [0.25, 0.3) is 0 Å². The second kappa shape index (κ2) is 23.5. The molecule has 36 heavy (non-hydrogen) atoms. The molecule has 0 N–H and O–H groups in total. The van der Waals surface area contributed by atoms with E-state index in [-0.39, 0.29) is 5.97 Å². The Kier molecular flexibility index (Phi) is 21.8. The minimum absolute atomic E-state index is 0.124. The number of nitrogens with zero attached hydrogens (tertiary/aromatic N) is 1. The third-order valence-corrected chi connectivity index (χ3v) is 7.86. The van der Waals surface area contributed by atoms with Gasteiger partial charge in [0.15, 0.2) is 0 Å². The lowest BCUT2D eigenvalue weighted by molar-refractivity contribution is -0.140. The van der Waals surface area contributed by atoms with Crippen molar-refractivity contribution in [2.75, 3.05) is 47.6 Å². The molecule has 3 unspecified atom stereocenters. The zero-order chi connectivity index (χ0) is 26.3. The number of hydrogen-bond acceptors (Lipinski definition) is 5. The molecule has 0 bridgehead atoms. The van der Waals surface area contributed by atoms with Crippen LogP contribution in [0.3, 0.4) is 0 Å². The number of methoxy groups -OCH3 is 1. The summed E-state index contributed by atoms with van der Waals surface area (Å²) in [5.41, 5.74) is 0. The Bertz CT molecular complexity index is 499. The summed E-state index contributed by atoms with van der Waals surface area (Å²) in [4.78, 5) is 13.3. The lowest BCUT2D eigenvalue weighted by Gasteiger charge is -2.24. The molecular formula is C31H61NO4. The van der Waals surface area contributed by atoms with Gasteiger partial charge in [0.05, 0.1) is 26.4 Å². The standard InChI is InChI=1S/C31H61NO4/c1-5-6-7-8-11-15-20-28-25-29(28)21-16-12-9-10-13-18-23-35-26-30(32(2)3)27-36-24-19-14-17-22-31(33)34-4/h28-30H,5-27H2,1-4H3. The number of likely N-dealkylation sites (N-methyl/N-ethyl adjacent to an activating group) is 1. The minimum atomic E-state index is -0.124. The Hall–Kier alpha value is -0.650. The molecule has 1 rings (SSSR count). The van der Waals surface area contributed by atoms with E-state index in [4.69, 9.17) is 9.47 Å². The smallest absolute Gasteiger partial charge is 0.305 e. The lowest BCUT2D eigenvalue weighted by atomic mass is 10.0. The average molecular weight is 512 g/mol. The highest BCUT2D eigenvalue weighted by Crippen LogP contribution is 2.45. The lowest BCUT2D eigenvalue weighted by Crippen LogP contribution is -2.37. The van der Waals surface area contributed by atoms with Gasteiger partial charge in [-0.25, -0.2) is 0 Å². The fraction of sp³-hybridized carbons (Fsp3) is 0.968. The number of esters is 1. The summed E-state index contributed by atoms with van der Waals surface area (Å²) in [6, 6.07) is 0.298. The molecule has 0 aromatic rings. The predicted molar refractivity (Wildman–Crippen MR) is 152 cm³/mol. The van der Waals surface area contributed by atoms with E-state index < -0.39 is 0 Å². The van der Waals surface area contributed by atoms with Crippen LogP contribution >= 0.6 is 0 Å². The van der Waals surface area contributed by atoms with Crippen LogP contribution in [0.1, 0.15) is 129 Å². The van der Waals surface area contributed by atoms with E-state index in [1.165, 1.54) is 103 Å². The molecular weight excluding hydrogens is 450 g/mol. The fourth-order valence-electron chi connectivity index (χ4n) is 5.06. The molecule has 0 radical (unpaired) electrons. The van der Waals surface area contributed by atoms with Crippen LogP contribution in [0.5, 0.6) is 0 Å². The first-order valence-corrected chi connectivity index (χ1v) is 15.5. The minimum Gasteiger partial charge on any atom is -0.469 e. The maximum atomic E-state index is 11.1. The molecule has 5 nitrogen and oxygen atoms in total. The monoisotopic (exact) mass is 511 g/mol. The molecule has 214 valence electrons. The molecule has 0 heterocycles. The van der Waals surface area contributed by atoms with E-state index in [0.717, 1.165) is 50.9 Å².